The number of hydrogen-bond acceptors (Lipinski definition) is 4. The van der Waals surface area contributed by atoms with Crippen LogP contribution in [0.2, 0.25) is 0 Å². The summed E-state index contributed by atoms with van der Waals surface area (Å²) in [4.78, 5) is 15.7. The Bertz CT molecular complexity index is 697. The number of aryl methyl sites for hydroxylation is 2. The molecule has 0 saturated heterocycles. The summed E-state index contributed by atoms with van der Waals surface area (Å²) in [5.74, 6) is 0.128. The summed E-state index contributed by atoms with van der Waals surface area (Å²) in [5.41, 5.74) is 2.36. The third kappa shape index (κ3) is 2.67. The number of hydrogen-bond donors (Lipinski definition) is 1. The lowest BCUT2D eigenvalue weighted by atomic mass is 10.2. The summed E-state index contributed by atoms with van der Waals surface area (Å²) in [6.45, 7) is 0. The van der Waals surface area contributed by atoms with E-state index in [-0.39, 0.29) is 11.3 Å². The van der Waals surface area contributed by atoms with E-state index < -0.39 is 5.97 Å². The van der Waals surface area contributed by atoms with Gasteiger partial charge in [-0.1, -0.05) is 6.07 Å². The minimum absolute atomic E-state index is 0.0816. The molecule has 0 bridgehead atoms. The lowest BCUT2D eigenvalue weighted by molar-refractivity contribution is 0.0694. The predicted octanol–water partition coefficient (Wildman–Crippen LogP) is 3.07. The summed E-state index contributed by atoms with van der Waals surface area (Å²) in [6.07, 6.45) is 3.09. The molecule has 1 aromatic carbocycles. The Morgan fingerprint density at radius 3 is 2.86 bits per heavy atom. The van der Waals surface area contributed by atoms with E-state index in [0.29, 0.717) is 11.6 Å². The second kappa shape index (κ2) is 5.44. The van der Waals surface area contributed by atoms with Crippen LogP contribution in [0.4, 0.5) is 0 Å². The molecule has 0 spiro atoms. The van der Waals surface area contributed by atoms with E-state index in [4.69, 9.17) is 9.47 Å². The Kier molecular flexibility index (Phi) is 3.48. The Morgan fingerprint density at radius 1 is 1.24 bits per heavy atom. The van der Waals surface area contributed by atoms with E-state index in [0.717, 1.165) is 25.0 Å². The highest BCUT2D eigenvalue weighted by Crippen LogP contribution is 2.30. The second-order valence-corrected chi connectivity index (χ2v) is 4.88. The maximum absolute atomic E-state index is 11.3. The summed E-state index contributed by atoms with van der Waals surface area (Å²) in [6, 6.07) is 8.37. The summed E-state index contributed by atoms with van der Waals surface area (Å²) < 4.78 is 10.8. The minimum Gasteiger partial charge on any atom is -0.497 e. The van der Waals surface area contributed by atoms with Crippen LogP contribution in [-0.4, -0.2) is 23.2 Å². The smallest absolute Gasteiger partial charge is 0.339 e. The van der Waals surface area contributed by atoms with Crippen molar-refractivity contribution in [2.75, 3.05) is 7.11 Å². The molecule has 0 unspecified atom stereocenters. The van der Waals surface area contributed by atoms with E-state index >= 15 is 0 Å². The quantitative estimate of drug-likeness (QED) is 0.935. The van der Waals surface area contributed by atoms with Crippen LogP contribution in [0.1, 0.15) is 28.0 Å². The van der Waals surface area contributed by atoms with Gasteiger partial charge in [-0.15, -0.1) is 0 Å². The SMILES string of the molecule is COc1ccc(C(=O)O)c(Oc2ccc3c(n2)CCC3)c1. The lowest BCUT2D eigenvalue weighted by Gasteiger charge is -2.10. The molecule has 1 heterocycles. The van der Waals surface area contributed by atoms with Gasteiger partial charge in [0.1, 0.15) is 17.1 Å². The molecule has 0 fully saturated rings. The molecule has 5 nitrogen and oxygen atoms in total. The van der Waals surface area contributed by atoms with Gasteiger partial charge in [0.25, 0.3) is 0 Å². The van der Waals surface area contributed by atoms with Crippen LogP contribution >= 0.6 is 0 Å². The molecule has 1 aliphatic carbocycles. The van der Waals surface area contributed by atoms with Gasteiger partial charge in [0.05, 0.1) is 7.11 Å². The molecule has 1 aromatic heterocycles. The number of aromatic nitrogens is 1. The number of nitrogens with zero attached hydrogens (tertiary/aromatic N) is 1. The number of carboxylic acid groups (broad SMARTS) is 1. The zero-order chi connectivity index (χ0) is 14.8. The van der Waals surface area contributed by atoms with Gasteiger partial charge in [0, 0.05) is 17.8 Å². The first-order valence-corrected chi connectivity index (χ1v) is 6.75. The molecule has 0 saturated carbocycles. The van der Waals surface area contributed by atoms with Gasteiger partial charge in [-0.3, -0.25) is 0 Å². The fourth-order valence-electron chi connectivity index (χ4n) is 2.46. The fraction of sp³-hybridized carbons (Fsp3) is 0.250. The Balaban J connectivity index is 1.95. The molecular formula is C16H15NO4. The number of carbonyl (C=O) groups is 1. The van der Waals surface area contributed by atoms with Crippen molar-refractivity contribution in [2.45, 2.75) is 19.3 Å². The molecule has 0 atom stereocenters. The van der Waals surface area contributed by atoms with E-state index in [9.17, 15) is 9.90 Å². The lowest BCUT2D eigenvalue weighted by Crippen LogP contribution is -2.01. The number of benzene rings is 1. The highest BCUT2D eigenvalue weighted by molar-refractivity contribution is 5.91. The normalized spacial score (nSPS) is 12.8. The highest BCUT2D eigenvalue weighted by Gasteiger charge is 2.16. The monoisotopic (exact) mass is 285 g/mol. The maximum Gasteiger partial charge on any atom is 0.339 e. The Hall–Kier alpha value is -2.56. The average molecular weight is 285 g/mol. The third-order valence-corrected chi connectivity index (χ3v) is 3.54. The first kappa shape index (κ1) is 13.4. The van der Waals surface area contributed by atoms with Gasteiger partial charge in [-0.2, -0.15) is 0 Å². The number of aromatic carboxylic acids is 1. The number of fused-ring (bicyclic) bond motifs is 1. The van der Waals surface area contributed by atoms with Crippen molar-refractivity contribution in [3.63, 3.8) is 0 Å². The van der Waals surface area contributed by atoms with E-state index in [1.165, 1.54) is 18.7 Å². The molecule has 108 valence electrons. The predicted molar refractivity (Wildman–Crippen MR) is 76.3 cm³/mol. The molecular weight excluding hydrogens is 270 g/mol. The van der Waals surface area contributed by atoms with E-state index in [1.807, 2.05) is 6.07 Å². The number of rotatable bonds is 4. The van der Waals surface area contributed by atoms with Crippen LogP contribution in [0.3, 0.4) is 0 Å². The molecule has 0 radical (unpaired) electrons. The van der Waals surface area contributed by atoms with Crippen LogP contribution < -0.4 is 9.47 Å². The van der Waals surface area contributed by atoms with Crippen molar-refractivity contribution in [2.24, 2.45) is 0 Å². The molecule has 3 rings (SSSR count). The topological polar surface area (TPSA) is 68.7 Å². The largest absolute Gasteiger partial charge is 0.497 e. The first-order valence-electron chi connectivity index (χ1n) is 6.75. The van der Waals surface area contributed by atoms with Crippen molar-refractivity contribution in [1.29, 1.82) is 0 Å². The van der Waals surface area contributed by atoms with Crippen LogP contribution in [0.5, 0.6) is 17.4 Å². The molecule has 21 heavy (non-hydrogen) atoms. The highest BCUT2D eigenvalue weighted by atomic mass is 16.5. The summed E-state index contributed by atoms with van der Waals surface area (Å²) in [5, 5.41) is 9.22. The summed E-state index contributed by atoms with van der Waals surface area (Å²) in [7, 11) is 1.52. The van der Waals surface area contributed by atoms with Gasteiger partial charge in [0.15, 0.2) is 0 Å². The molecule has 0 aliphatic heterocycles. The fourth-order valence-corrected chi connectivity index (χ4v) is 2.46. The van der Waals surface area contributed by atoms with Crippen molar-refractivity contribution >= 4 is 5.97 Å². The first-order chi connectivity index (χ1) is 10.2. The number of ether oxygens (including phenoxy) is 2. The molecule has 5 heteroatoms. The molecule has 1 N–H and O–H groups in total. The molecule has 0 amide bonds. The number of carboxylic acids is 1. The van der Waals surface area contributed by atoms with Gasteiger partial charge >= 0.3 is 5.97 Å². The van der Waals surface area contributed by atoms with E-state index in [2.05, 4.69) is 4.98 Å². The number of methoxy groups -OCH3 is 1. The van der Waals surface area contributed by atoms with Crippen LogP contribution in [0, 0.1) is 0 Å². The van der Waals surface area contributed by atoms with Crippen molar-refractivity contribution in [3.8, 4) is 17.4 Å². The summed E-state index contributed by atoms with van der Waals surface area (Å²) >= 11 is 0. The minimum atomic E-state index is -1.05. The maximum atomic E-state index is 11.3. The van der Waals surface area contributed by atoms with E-state index in [1.54, 1.807) is 18.2 Å². The van der Waals surface area contributed by atoms with Gasteiger partial charge < -0.3 is 14.6 Å². The zero-order valence-electron chi connectivity index (χ0n) is 11.6. The van der Waals surface area contributed by atoms with Gasteiger partial charge in [0.2, 0.25) is 5.88 Å². The average Bonchev–Trinajstić information content (AvgIpc) is 2.94. The van der Waals surface area contributed by atoms with Gasteiger partial charge in [-0.05, 0) is 37.0 Å². The third-order valence-electron chi connectivity index (χ3n) is 3.54. The van der Waals surface area contributed by atoms with Crippen LogP contribution in [-0.2, 0) is 12.8 Å². The van der Waals surface area contributed by atoms with Crippen LogP contribution in [0.25, 0.3) is 0 Å². The van der Waals surface area contributed by atoms with Gasteiger partial charge in [-0.25, -0.2) is 9.78 Å². The Morgan fingerprint density at radius 2 is 2.10 bits per heavy atom. The van der Waals surface area contributed by atoms with Crippen molar-refractivity contribution < 1.29 is 19.4 Å². The van der Waals surface area contributed by atoms with Crippen molar-refractivity contribution in [3.05, 3.63) is 47.2 Å². The number of pyridine rings is 1. The molecule has 2 aromatic rings. The molecule has 1 aliphatic rings. The Labute approximate surface area is 122 Å². The second-order valence-electron chi connectivity index (χ2n) is 4.88. The zero-order valence-corrected chi connectivity index (χ0v) is 11.6. The van der Waals surface area contributed by atoms with Crippen molar-refractivity contribution in [1.82, 2.24) is 4.98 Å². The standard InChI is InChI=1S/C16H15NO4/c1-20-11-6-7-12(16(18)19)14(9-11)21-15-8-5-10-3-2-4-13(10)17-15/h5-9H,2-4H2,1H3,(H,18,19). The van der Waals surface area contributed by atoms with Crippen LogP contribution in [0.15, 0.2) is 30.3 Å².